The molecular weight excluding hydrogens is 436 g/mol. The van der Waals surface area contributed by atoms with Crippen molar-refractivity contribution in [1.29, 1.82) is 0 Å². The highest BCUT2D eigenvalue weighted by atomic mass is 32.1. The van der Waals surface area contributed by atoms with E-state index in [1.807, 2.05) is 30.7 Å². The Bertz CT molecular complexity index is 1370. The molecule has 172 valence electrons. The van der Waals surface area contributed by atoms with Crippen molar-refractivity contribution in [3.05, 3.63) is 51.1 Å². The zero-order chi connectivity index (χ0) is 23.3. The molecular formula is C23H28N8OS. The van der Waals surface area contributed by atoms with Gasteiger partial charge in [-0.05, 0) is 32.4 Å². The number of nitrogens with one attached hydrogen (secondary N) is 2. The first-order valence-electron chi connectivity index (χ1n) is 11.2. The van der Waals surface area contributed by atoms with E-state index in [0.717, 1.165) is 41.7 Å². The molecule has 0 unspecified atom stereocenters. The van der Waals surface area contributed by atoms with Gasteiger partial charge in [-0.15, -0.1) is 11.3 Å². The zero-order valence-electron chi connectivity index (χ0n) is 19.5. The molecule has 5 heterocycles. The maximum Gasteiger partial charge on any atom is 0.278 e. The molecule has 4 aromatic rings. The molecule has 0 aliphatic carbocycles. The van der Waals surface area contributed by atoms with Gasteiger partial charge in [0.15, 0.2) is 10.8 Å². The summed E-state index contributed by atoms with van der Waals surface area (Å²) < 4.78 is 3.60. The van der Waals surface area contributed by atoms with Gasteiger partial charge in [0.1, 0.15) is 5.39 Å². The van der Waals surface area contributed by atoms with Crippen molar-refractivity contribution in [3.63, 3.8) is 0 Å². The van der Waals surface area contributed by atoms with Crippen LogP contribution in [-0.2, 0) is 18.4 Å². The maximum atomic E-state index is 13.3. The molecule has 5 rings (SSSR count). The summed E-state index contributed by atoms with van der Waals surface area (Å²) >= 11 is 1.63. The minimum Gasteiger partial charge on any atom is -0.311 e. The number of nitrogens with zero attached hydrogens (tertiary/aromatic N) is 6. The van der Waals surface area contributed by atoms with Crippen LogP contribution in [0.2, 0.25) is 0 Å². The number of anilines is 2. The second-order valence-corrected chi connectivity index (χ2v) is 10.7. The number of hydrogen-bond acceptors (Lipinski definition) is 8. The molecule has 0 spiro atoms. The van der Waals surface area contributed by atoms with E-state index in [1.165, 1.54) is 4.88 Å². The smallest absolute Gasteiger partial charge is 0.278 e. The maximum absolute atomic E-state index is 13.3. The van der Waals surface area contributed by atoms with Crippen LogP contribution in [0.4, 0.5) is 11.1 Å². The van der Waals surface area contributed by atoms with Gasteiger partial charge in [0.25, 0.3) is 5.56 Å². The van der Waals surface area contributed by atoms with Crippen LogP contribution >= 0.6 is 11.3 Å². The number of fused-ring (bicyclic) bond motifs is 2. The van der Waals surface area contributed by atoms with E-state index < -0.39 is 0 Å². The Hall–Kier alpha value is -3.11. The van der Waals surface area contributed by atoms with Crippen molar-refractivity contribution in [1.82, 2.24) is 34.6 Å². The molecule has 1 aliphatic heterocycles. The van der Waals surface area contributed by atoms with Crippen LogP contribution in [0.5, 0.6) is 0 Å². The second kappa shape index (κ2) is 8.03. The lowest BCUT2D eigenvalue weighted by Crippen LogP contribution is -2.24. The first kappa shape index (κ1) is 21.7. The Kier molecular flexibility index (Phi) is 5.29. The summed E-state index contributed by atoms with van der Waals surface area (Å²) in [6.45, 7) is 12.1. The van der Waals surface area contributed by atoms with E-state index in [2.05, 4.69) is 46.4 Å². The minimum absolute atomic E-state index is 0.0625. The topological polar surface area (TPSA) is 103 Å². The first-order valence-corrected chi connectivity index (χ1v) is 12.0. The van der Waals surface area contributed by atoms with Crippen LogP contribution in [0.25, 0.3) is 16.7 Å². The fraction of sp³-hybridized carbons (Fsp3) is 0.435. The number of rotatable bonds is 4. The molecule has 33 heavy (non-hydrogen) atoms. The third-order valence-electron chi connectivity index (χ3n) is 5.69. The Labute approximate surface area is 195 Å². The van der Waals surface area contributed by atoms with E-state index in [1.54, 1.807) is 28.4 Å². The monoisotopic (exact) mass is 464 g/mol. The molecule has 0 aromatic carbocycles. The summed E-state index contributed by atoms with van der Waals surface area (Å²) in [7, 11) is 0. The van der Waals surface area contributed by atoms with Gasteiger partial charge in [-0.3, -0.25) is 15.1 Å². The molecule has 0 bridgehead atoms. The molecule has 0 saturated heterocycles. The summed E-state index contributed by atoms with van der Waals surface area (Å²) in [5, 5.41) is 7.83. The summed E-state index contributed by atoms with van der Waals surface area (Å²) in [6.07, 6.45) is 4.36. The average Bonchev–Trinajstić information content (AvgIpc) is 3.31. The van der Waals surface area contributed by atoms with Gasteiger partial charge in [-0.2, -0.15) is 4.98 Å². The Morgan fingerprint density at radius 3 is 2.76 bits per heavy atom. The lowest BCUT2D eigenvalue weighted by molar-refractivity contribution is 0.474. The fourth-order valence-electron chi connectivity index (χ4n) is 4.01. The van der Waals surface area contributed by atoms with Gasteiger partial charge < -0.3 is 5.32 Å². The van der Waals surface area contributed by atoms with Crippen LogP contribution in [0.1, 0.15) is 56.9 Å². The minimum atomic E-state index is -0.123. The van der Waals surface area contributed by atoms with Gasteiger partial charge in [-0.1, -0.05) is 20.8 Å². The molecule has 10 heteroatoms. The SMILES string of the molecule is CC(C)n1c(=O)c2cnc(Nc3nc4c(s3)CCNC4)nc2n1-c1ccnc(C(C)(C)C)c1. The molecule has 1 aliphatic rings. The predicted octanol–water partition coefficient (Wildman–Crippen LogP) is 3.70. The third-order valence-corrected chi connectivity index (χ3v) is 6.76. The molecule has 0 fully saturated rings. The van der Waals surface area contributed by atoms with E-state index >= 15 is 0 Å². The normalized spacial score (nSPS) is 14.1. The van der Waals surface area contributed by atoms with Gasteiger partial charge in [-0.25, -0.2) is 19.3 Å². The highest BCUT2D eigenvalue weighted by Gasteiger charge is 2.22. The number of aromatic nitrogens is 6. The molecule has 9 nitrogen and oxygen atoms in total. The molecule has 0 radical (unpaired) electrons. The Balaban J connectivity index is 1.64. The van der Waals surface area contributed by atoms with E-state index in [9.17, 15) is 4.79 Å². The second-order valence-electron chi connectivity index (χ2n) is 9.58. The zero-order valence-corrected chi connectivity index (χ0v) is 20.3. The van der Waals surface area contributed by atoms with Crippen LogP contribution < -0.4 is 16.2 Å². The number of thiazole rings is 1. The standard InChI is InChI=1S/C23H28N8OS/c1-13(2)30-20(32)15-11-26-21(29-22-27-16-12-24-8-7-17(16)33-22)28-19(15)31(30)14-6-9-25-18(10-14)23(3,4)5/h6,9-11,13,24H,7-8,12H2,1-5H3,(H,26,27,28,29). The van der Waals surface area contributed by atoms with Gasteiger partial charge in [0, 0.05) is 47.5 Å². The summed E-state index contributed by atoms with van der Waals surface area (Å²) in [6, 6.07) is 3.87. The predicted molar refractivity (Wildman–Crippen MR) is 131 cm³/mol. The summed E-state index contributed by atoms with van der Waals surface area (Å²) in [5.41, 5.74) is 3.18. The van der Waals surface area contributed by atoms with Crippen molar-refractivity contribution in [2.75, 3.05) is 11.9 Å². The fourth-order valence-corrected chi connectivity index (χ4v) is 4.98. The molecule has 0 amide bonds. The van der Waals surface area contributed by atoms with Crippen molar-refractivity contribution < 1.29 is 0 Å². The first-order chi connectivity index (χ1) is 15.7. The van der Waals surface area contributed by atoms with Crippen molar-refractivity contribution >= 4 is 33.5 Å². The Morgan fingerprint density at radius 2 is 2.03 bits per heavy atom. The Morgan fingerprint density at radius 1 is 1.21 bits per heavy atom. The van der Waals surface area contributed by atoms with Crippen molar-refractivity contribution in [2.45, 2.75) is 59.0 Å². The van der Waals surface area contributed by atoms with Crippen LogP contribution in [0.3, 0.4) is 0 Å². The van der Waals surface area contributed by atoms with E-state index in [-0.39, 0.29) is 17.0 Å². The molecule has 0 atom stereocenters. The van der Waals surface area contributed by atoms with E-state index in [4.69, 9.17) is 4.98 Å². The summed E-state index contributed by atoms with van der Waals surface area (Å²) in [4.78, 5) is 32.9. The quantitative estimate of drug-likeness (QED) is 0.475. The van der Waals surface area contributed by atoms with Crippen LogP contribution in [0, 0.1) is 0 Å². The number of pyridine rings is 1. The third kappa shape index (κ3) is 3.93. The lowest BCUT2D eigenvalue weighted by atomic mass is 9.91. The average molecular weight is 465 g/mol. The van der Waals surface area contributed by atoms with Crippen LogP contribution in [0.15, 0.2) is 29.3 Å². The highest BCUT2D eigenvalue weighted by molar-refractivity contribution is 7.15. The van der Waals surface area contributed by atoms with Crippen molar-refractivity contribution in [3.8, 4) is 5.69 Å². The van der Waals surface area contributed by atoms with Crippen LogP contribution in [-0.4, -0.2) is 35.8 Å². The molecule has 0 saturated carbocycles. The molecule has 2 N–H and O–H groups in total. The number of hydrogen-bond donors (Lipinski definition) is 2. The lowest BCUT2D eigenvalue weighted by Gasteiger charge is -2.20. The highest BCUT2D eigenvalue weighted by Crippen LogP contribution is 2.28. The summed E-state index contributed by atoms with van der Waals surface area (Å²) in [5.74, 6) is 0.418. The van der Waals surface area contributed by atoms with Gasteiger partial charge >= 0.3 is 0 Å². The van der Waals surface area contributed by atoms with Crippen molar-refractivity contribution in [2.24, 2.45) is 0 Å². The van der Waals surface area contributed by atoms with E-state index in [0.29, 0.717) is 17.0 Å². The van der Waals surface area contributed by atoms with Gasteiger partial charge in [0.05, 0.1) is 11.4 Å². The van der Waals surface area contributed by atoms with Gasteiger partial charge in [0.2, 0.25) is 5.95 Å². The molecule has 4 aromatic heterocycles. The largest absolute Gasteiger partial charge is 0.311 e.